The molecule has 1 aliphatic heterocycles. The van der Waals surface area contributed by atoms with Crippen LogP contribution < -0.4 is 5.32 Å². The molecule has 1 amide bonds. The normalized spacial score (nSPS) is 21.4. The number of piperidine rings is 1. The van der Waals surface area contributed by atoms with Gasteiger partial charge in [-0.05, 0) is 25.3 Å². The Bertz CT molecular complexity index is 354. The van der Waals surface area contributed by atoms with Crippen LogP contribution in [0, 0.1) is 5.92 Å². The van der Waals surface area contributed by atoms with Crippen molar-refractivity contribution in [1.29, 1.82) is 0 Å². The van der Waals surface area contributed by atoms with Gasteiger partial charge in [-0.2, -0.15) is 0 Å². The van der Waals surface area contributed by atoms with E-state index in [0.717, 1.165) is 19.0 Å². The zero-order valence-corrected chi connectivity index (χ0v) is 10.9. The monoisotopic (exact) mass is 254 g/mol. The first-order chi connectivity index (χ1) is 8.28. The lowest BCUT2D eigenvalue weighted by Gasteiger charge is -2.31. The lowest BCUT2D eigenvalue weighted by Crippen LogP contribution is -2.40. The molecule has 5 nitrogen and oxygen atoms in total. The molecule has 17 heavy (non-hydrogen) atoms. The van der Waals surface area contributed by atoms with Crippen molar-refractivity contribution >= 4 is 22.4 Å². The minimum Gasteiger partial charge on any atom is -0.299 e. The summed E-state index contributed by atoms with van der Waals surface area (Å²) in [6.45, 7) is 4.76. The molecular formula is C11H18N4OS. The number of anilines is 1. The molecule has 0 aromatic carbocycles. The smallest absolute Gasteiger partial charge is 0.240 e. The maximum Gasteiger partial charge on any atom is 0.240 e. The van der Waals surface area contributed by atoms with Crippen LogP contribution >= 0.6 is 11.3 Å². The van der Waals surface area contributed by atoms with Crippen LogP contribution in [-0.4, -0.2) is 40.6 Å². The molecule has 1 atom stereocenters. The molecule has 0 saturated carbocycles. The van der Waals surface area contributed by atoms with Gasteiger partial charge in [0, 0.05) is 6.54 Å². The summed E-state index contributed by atoms with van der Waals surface area (Å²) in [5.41, 5.74) is 1.61. The van der Waals surface area contributed by atoms with Crippen molar-refractivity contribution < 1.29 is 4.79 Å². The zero-order chi connectivity index (χ0) is 12.1. The van der Waals surface area contributed by atoms with Crippen molar-refractivity contribution in [3.05, 3.63) is 5.51 Å². The highest BCUT2D eigenvalue weighted by Crippen LogP contribution is 2.18. The van der Waals surface area contributed by atoms with Crippen LogP contribution in [0.1, 0.15) is 26.2 Å². The van der Waals surface area contributed by atoms with E-state index in [-0.39, 0.29) is 5.91 Å². The van der Waals surface area contributed by atoms with E-state index in [1.807, 2.05) is 0 Å². The Balaban J connectivity index is 1.78. The number of likely N-dealkylation sites (tertiary alicyclic amines) is 1. The number of carbonyl (C=O) groups excluding carboxylic acids is 1. The Morgan fingerprint density at radius 1 is 1.71 bits per heavy atom. The molecule has 94 valence electrons. The SMILES string of the molecule is CC[C@H]1CCCN(CC(=O)Nc2nncs2)C1. The number of nitrogens with zero attached hydrogens (tertiary/aromatic N) is 3. The lowest BCUT2D eigenvalue weighted by molar-refractivity contribution is -0.117. The molecule has 1 aliphatic rings. The Kier molecular flexibility index (Phi) is 4.44. The largest absolute Gasteiger partial charge is 0.299 e. The number of hydrogen-bond donors (Lipinski definition) is 1. The van der Waals surface area contributed by atoms with Crippen LogP contribution in [-0.2, 0) is 4.79 Å². The molecule has 1 fully saturated rings. The van der Waals surface area contributed by atoms with Gasteiger partial charge >= 0.3 is 0 Å². The van der Waals surface area contributed by atoms with Gasteiger partial charge in [-0.3, -0.25) is 15.0 Å². The summed E-state index contributed by atoms with van der Waals surface area (Å²) in [7, 11) is 0. The molecule has 0 aliphatic carbocycles. The molecule has 0 bridgehead atoms. The van der Waals surface area contributed by atoms with Crippen molar-refractivity contribution in [3.63, 3.8) is 0 Å². The molecule has 0 radical (unpaired) electrons. The predicted octanol–water partition coefficient (Wildman–Crippen LogP) is 1.60. The summed E-state index contributed by atoms with van der Waals surface area (Å²) in [5, 5.41) is 10.8. The van der Waals surface area contributed by atoms with Gasteiger partial charge in [-0.15, -0.1) is 10.2 Å². The maximum atomic E-state index is 11.8. The topological polar surface area (TPSA) is 58.1 Å². The van der Waals surface area contributed by atoms with Crippen LogP contribution in [0.4, 0.5) is 5.13 Å². The summed E-state index contributed by atoms with van der Waals surface area (Å²) >= 11 is 1.35. The zero-order valence-electron chi connectivity index (χ0n) is 10.1. The molecular weight excluding hydrogens is 236 g/mol. The maximum absolute atomic E-state index is 11.8. The van der Waals surface area contributed by atoms with Crippen molar-refractivity contribution in [2.45, 2.75) is 26.2 Å². The van der Waals surface area contributed by atoms with E-state index in [4.69, 9.17) is 0 Å². The quantitative estimate of drug-likeness (QED) is 0.886. The second-order valence-corrected chi connectivity index (χ2v) is 5.28. The number of rotatable bonds is 4. The van der Waals surface area contributed by atoms with Crippen molar-refractivity contribution in [3.8, 4) is 0 Å². The van der Waals surface area contributed by atoms with Gasteiger partial charge in [-0.25, -0.2) is 0 Å². The average molecular weight is 254 g/mol. The predicted molar refractivity (Wildman–Crippen MR) is 68.0 cm³/mol. The molecule has 0 unspecified atom stereocenters. The van der Waals surface area contributed by atoms with Gasteiger partial charge < -0.3 is 0 Å². The van der Waals surface area contributed by atoms with E-state index in [9.17, 15) is 4.79 Å². The number of carbonyl (C=O) groups is 1. The fourth-order valence-corrected chi connectivity index (χ4v) is 2.68. The summed E-state index contributed by atoms with van der Waals surface area (Å²) in [6, 6.07) is 0. The average Bonchev–Trinajstić information content (AvgIpc) is 2.82. The molecule has 1 aromatic rings. The van der Waals surface area contributed by atoms with E-state index in [1.165, 1.54) is 30.6 Å². The number of nitrogens with one attached hydrogen (secondary N) is 1. The van der Waals surface area contributed by atoms with Gasteiger partial charge in [0.15, 0.2) is 0 Å². The third-order valence-electron chi connectivity index (χ3n) is 3.15. The molecule has 6 heteroatoms. The van der Waals surface area contributed by atoms with Gasteiger partial charge in [-0.1, -0.05) is 24.7 Å². The standard InChI is InChI=1S/C11H18N4OS/c1-2-9-4-3-5-15(6-9)7-10(16)13-11-14-12-8-17-11/h8-9H,2-7H2,1H3,(H,13,14,16)/t9-/m0/s1. The van der Waals surface area contributed by atoms with E-state index >= 15 is 0 Å². The first-order valence-corrected chi connectivity index (χ1v) is 6.94. The van der Waals surface area contributed by atoms with Gasteiger partial charge in [0.2, 0.25) is 11.0 Å². The van der Waals surface area contributed by atoms with Crippen LogP contribution in [0.25, 0.3) is 0 Å². The number of aromatic nitrogens is 2. The van der Waals surface area contributed by atoms with Crippen molar-refractivity contribution in [1.82, 2.24) is 15.1 Å². The Labute approximate surface area is 105 Å². The highest BCUT2D eigenvalue weighted by molar-refractivity contribution is 7.13. The van der Waals surface area contributed by atoms with E-state index in [0.29, 0.717) is 11.7 Å². The highest BCUT2D eigenvalue weighted by Gasteiger charge is 2.20. The number of amides is 1. The van der Waals surface area contributed by atoms with Crippen LogP contribution in [0.15, 0.2) is 5.51 Å². The molecule has 2 heterocycles. The van der Waals surface area contributed by atoms with Crippen LogP contribution in [0.2, 0.25) is 0 Å². The van der Waals surface area contributed by atoms with Crippen molar-refractivity contribution in [2.24, 2.45) is 5.92 Å². The first-order valence-electron chi connectivity index (χ1n) is 6.06. The second kappa shape index (κ2) is 6.07. The second-order valence-electron chi connectivity index (χ2n) is 4.44. The van der Waals surface area contributed by atoms with Gasteiger partial charge in [0.05, 0.1) is 6.54 Å². The molecule has 1 N–H and O–H groups in total. The third kappa shape index (κ3) is 3.74. The molecule has 0 spiro atoms. The molecule has 1 saturated heterocycles. The van der Waals surface area contributed by atoms with E-state index in [1.54, 1.807) is 5.51 Å². The van der Waals surface area contributed by atoms with Crippen molar-refractivity contribution in [2.75, 3.05) is 25.0 Å². The minimum atomic E-state index is 0.0125. The van der Waals surface area contributed by atoms with Crippen LogP contribution in [0.5, 0.6) is 0 Å². The third-order valence-corrected chi connectivity index (χ3v) is 3.76. The fraction of sp³-hybridized carbons (Fsp3) is 0.727. The number of hydrogen-bond acceptors (Lipinski definition) is 5. The molecule has 1 aromatic heterocycles. The summed E-state index contributed by atoms with van der Waals surface area (Å²) in [5.74, 6) is 0.761. The van der Waals surface area contributed by atoms with E-state index < -0.39 is 0 Å². The minimum absolute atomic E-state index is 0.0125. The molecule has 2 rings (SSSR count). The summed E-state index contributed by atoms with van der Waals surface area (Å²) in [6.07, 6.45) is 3.70. The highest BCUT2D eigenvalue weighted by atomic mass is 32.1. The first kappa shape index (κ1) is 12.4. The Hall–Kier alpha value is -1.01. The van der Waals surface area contributed by atoms with E-state index in [2.05, 4.69) is 27.3 Å². The van der Waals surface area contributed by atoms with Gasteiger partial charge in [0.1, 0.15) is 5.51 Å². The fourth-order valence-electron chi connectivity index (χ4n) is 2.22. The van der Waals surface area contributed by atoms with Crippen LogP contribution in [0.3, 0.4) is 0 Å². The summed E-state index contributed by atoms with van der Waals surface area (Å²) < 4.78 is 0. The lowest BCUT2D eigenvalue weighted by atomic mass is 9.96. The Morgan fingerprint density at radius 3 is 3.29 bits per heavy atom. The van der Waals surface area contributed by atoms with Gasteiger partial charge in [0.25, 0.3) is 0 Å². The summed E-state index contributed by atoms with van der Waals surface area (Å²) in [4.78, 5) is 14.0. The Morgan fingerprint density at radius 2 is 2.59 bits per heavy atom.